The van der Waals surface area contributed by atoms with E-state index in [1.807, 2.05) is 81.7 Å². The number of ketones is 1. The van der Waals surface area contributed by atoms with Crippen LogP contribution in [0.5, 0.6) is 5.75 Å². The van der Waals surface area contributed by atoms with Crippen LogP contribution in [0, 0.1) is 30.6 Å². The average Bonchev–Trinajstić information content (AvgIpc) is 4.15. The second-order valence-corrected chi connectivity index (χ2v) is 19.3. The molecule has 2 bridgehead atoms. The maximum absolute atomic E-state index is 14.4. The number of amides is 2. The number of likely N-dealkylation sites (tertiary alicyclic amines) is 1. The number of piperidine rings is 1. The van der Waals surface area contributed by atoms with Gasteiger partial charge in [-0.25, -0.2) is 4.98 Å². The van der Waals surface area contributed by atoms with Gasteiger partial charge in [0, 0.05) is 60.1 Å². The van der Waals surface area contributed by atoms with E-state index in [9.17, 15) is 24.6 Å². The van der Waals surface area contributed by atoms with Crippen LogP contribution in [-0.2, 0) is 27.2 Å². The van der Waals surface area contributed by atoms with Gasteiger partial charge in [0.15, 0.2) is 17.2 Å². The fourth-order valence-corrected chi connectivity index (χ4v) is 11.6. The zero-order valence-electron chi connectivity index (χ0n) is 35.8. The summed E-state index contributed by atoms with van der Waals surface area (Å²) in [5.74, 6) is 0.177. The number of benzene rings is 2. The number of carbonyl (C=O) groups excluding carboxylic acids is 3. The minimum Gasteiger partial charge on any atom is -0.507 e. The van der Waals surface area contributed by atoms with Crippen LogP contribution in [-0.4, -0.2) is 89.3 Å². The molecule has 6 heterocycles. The predicted octanol–water partition coefficient (Wildman–Crippen LogP) is 6.92. The summed E-state index contributed by atoms with van der Waals surface area (Å²) in [5.41, 5.74) is 8.94. The van der Waals surface area contributed by atoms with Gasteiger partial charge in [0.25, 0.3) is 0 Å². The highest BCUT2D eigenvalue weighted by atomic mass is 32.1. The Morgan fingerprint density at radius 1 is 1.00 bits per heavy atom. The predicted molar refractivity (Wildman–Crippen MR) is 238 cm³/mol. The summed E-state index contributed by atoms with van der Waals surface area (Å²) >= 11 is 1.59. The Hall–Kier alpha value is -5.93. The SMILES string of the molecule is Cc1ncsc1-c1ccc([C@H](C)NC(=O)[C@@H]2C[C@@H](O)CN2C(=O)[C@H](c2cc(N3C[C@@H]4C[C@H]3CC4C(=O)[C@@H]3CCc4[nH]c5nnc(-c6ccccc6O)cc5c4C3)no2)C(C)C)cc1. The fourth-order valence-electron chi connectivity index (χ4n) is 10.8. The maximum Gasteiger partial charge on any atom is 0.243 e. The van der Waals surface area contributed by atoms with Gasteiger partial charge >= 0.3 is 0 Å². The Morgan fingerprint density at radius 3 is 2.54 bits per heavy atom. The molecule has 4 N–H and O–H groups in total. The van der Waals surface area contributed by atoms with Gasteiger partial charge < -0.3 is 34.8 Å². The van der Waals surface area contributed by atoms with E-state index < -0.39 is 18.1 Å². The molecule has 4 aliphatic rings. The number of aliphatic hydroxyl groups is 1. The Kier molecular flexibility index (Phi) is 10.6. The number of phenols is 1. The number of Topliss-reactive ketones (excluding diaryl/α,β-unsaturated/α-hetero) is 1. The molecule has 2 aliphatic carbocycles. The quantitative estimate of drug-likeness (QED) is 0.106. The molecule has 4 aromatic heterocycles. The number of β-amino-alcohol motifs (C(OH)–C–C–N with tert-alkyl or cyclic N) is 1. The van der Waals surface area contributed by atoms with Gasteiger partial charge in [-0.05, 0) is 92.7 Å². The molecule has 2 aliphatic heterocycles. The molecule has 326 valence electrons. The van der Waals surface area contributed by atoms with E-state index >= 15 is 0 Å². The molecule has 8 atom stereocenters. The van der Waals surface area contributed by atoms with Crippen LogP contribution in [0.3, 0.4) is 0 Å². The molecule has 0 radical (unpaired) electrons. The van der Waals surface area contributed by atoms with Crippen molar-refractivity contribution in [3.63, 3.8) is 0 Å². The van der Waals surface area contributed by atoms with Crippen molar-refractivity contribution in [3.05, 3.63) is 94.4 Å². The summed E-state index contributed by atoms with van der Waals surface area (Å²) in [4.78, 5) is 55.1. The molecule has 2 amide bonds. The number of carbonyl (C=O) groups is 3. The molecule has 2 aromatic carbocycles. The zero-order valence-corrected chi connectivity index (χ0v) is 36.6. The molecule has 6 aromatic rings. The molecule has 63 heavy (non-hydrogen) atoms. The summed E-state index contributed by atoms with van der Waals surface area (Å²) in [6.45, 7) is 8.54. The number of hydrogen-bond donors (Lipinski definition) is 4. The minimum atomic E-state index is -0.830. The lowest BCUT2D eigenvalue weighted by Gasteiger charge is -2.33. The van der Waals surface area contributed by atoms with E-state index in [1.54, 1.807) is 23.5 Å². The first-order valence-electron chi connectivity index (χ1n) is 22.1. The number of phenolic OH excluding ortho intramolecular Hbond substituents is 1. The number of aromatic amines is 1. The van der Waals surface area contributed by atoms with Crippen LogP contribution in [0.1, 0.15) is 86.7 Å². The second-order valence-electron chi connectivity index (χ2n) is 18.4. The molecule has 1 unspecified atom stereocenters. The molecule has 15 heteroatoms. The lowest BCUT2D eigenvalue weighted by molar-refractivity contribution is -0.141. The smallest absolute Gasteiger partial charge is 0.243 e. The van der Waals surface area contributed by atoms with E-state index in [4.69, 9.17) is 4.52 Å². The van der Waals surface area contributed by atoms with Gasteiger partial charge in [0.05, 0.1) is 33.9 Å². The molecule has 1 saturated carbocycles. The highest BCUT2D eigenvalue weighted by Gasteiger charge is 2.50. The van der Waals surface area contributed by atoms with Crippen LogP contribution in [0.4, 0.5) is 5.82 Å². The van der Waals surface area contributed by atoms with Crippen LogP contribution in [0.15, 0.2) is 70.7 Å². The van der Waals surface area contributed by atoms with Gasteiger partial charge in [-0.15, -0.1) is 21.5 Å². The molecule has 3 fully saturated rings. The third-order valence-corrected chi connectivity index (χ3v) is 15.1. The molecular weight excluding hydrogens is 817 g/mol. The first-order valence-corrected chi connectivity index (χ1v) is 23.0. The van der Waals surface area contributed by atoms with Crippen molar-refractivity contribution < 1.29 is 29.1 Å². The highest BCUT2D eigenvalue weighted by molar-refractivity contribution is 7.13. The van der Waals surface area contributed by atoms with Crippen molar-refractivity contribution in [1.29, 1.82) is 0 Å². The molecule has 2 saturated heterocycles. The van der Waals surface area contributed by atoms with Gasteiger partial charge in [-0.2, -0.15) is 0 Å². The summed E-state index contributed by atoms with van der Waals surface area (Å²) in [7, 11) is 0. The van der Waals surface area contributed by atoms with E-state index in [2.05, 4.69) is 35.5 Å². The summed E-state index contributed by atoms with van der Waals surface area (Å²) < 4.78 is 5.95. The first-order chi connectivity index (χ1) is 30.4. The summed E-state index contributed by atoms with van der Waals surface area (Å²) in [6.07, 6.45) is 3.16. The average molecular weight is 869 g/mol. The number of anilines is 1. The number of nitrogens with one attached hydrogen (secondary N) is 2. The van der Waals surface area contributed by atoms with Gasteiger partial charge in [0.2, 0.25) is 11.8 Å². The maximum atomic E-state index is 14.4. The number of aromatic hydroxyl groups is 1. The van der Waals surface area contributed by atoms with Crippen molar-refractivity contribution in [2.45, 2.75) is 96.4 Å². The molecular formula is C48H52N8O6S. The van der Waals surface area contributed by atoms with Crippen molar-refractivity contribution in [3.8, 4) is 27.4 Å². The number of aryl methyl sites for hydroxylation is 2. The Labute approximate surface area is 369 Å². The minimum absolute atomic E-state index is 0.0317. The normalized spacial score (nSPS) is 24.0. The number of aromatic nitrogens is 5. The van der Waals surface area contributed by atoms with Crippen LogP contribution in [0.2, 0.25) is 0 Å². The van der Waals surface area contributed by atoms with Crippen molar-refractivity contribution in [2.24, 2.45) is 23.7 Å². The number of rotatable bonds is 11. The van der Waals surface area contributed by atoms with Crippen molar-refractivity contribution in [2.75, 3.05) is 18.0 Å². The number of thiazole rings is 1. The van der Waals surface area contributed by atoms with Crippen LogP contribution < -0.4 is 10.2 Å². The number of fused-ring (bicyclic) bond motifs is 5. The number of H-pyrrole nitrogens is 1. The number of para-hydroxylation sites is 1. The van der Waals surface area contributed by atoms with Gasteiger partial charge in [-0.3, -0.25) is 14.4 Å². The number of aliphatic hydroxyl groups excluding tert-OH is 1. The third-order valence-electron chi connectivity index (χ3n) is 14.1. The Morgan fingerprint density at radius 2 is 1.81 bits per heavy atom. The first kappa shape index (κ1) is 41.1. The Balaban J connectivity index is 0.786. The van der Waals surface area contributed by atoms with Crippen LogP contribution >= 0.6 is 11.3 Å². The summed E-state index contributed by atoms with van der Waals surface area (Å²) in [5, 5.41) is 38.6. The van der Waals surface area contributed by atoms with Gasteiger partial charge in [-0.1, -0.05) is 55.4 Å². The largest absolute Gasteiger partial charge is 0.507 e. The van der Waals surface area contributed by atoms with Crippen LogP contribution in [0.25, 0.3) is 32.7 Å². The van der Waals surface area contributed by atoms with Crippen molar-refractivity contribution >= 4 is 45.8 Å². The van der Waals surface area contributed by atoms with E-state index in [0.29, 0.717) is 47.2 Å². The highest BCUT2D eigenvalue weighted by Crippen LogP contribution is 2.47. The second kappa shape index (κ2) is 16.3. The molecule has 10 rings (SSSR count). The third kappa shape index (κ3) is 7.48. The summed E-state index contributed by atoms with van der Waals surface area (Å²) in [6, 6.07) is 18.0. The van der Waals surface area contributed by atoms with E-state index in [1.165, 1.54) is 4.90 Å². The molecule has 14 nitrogen and oxygen atoms in total. The zero-order chi connectivity index (χ0) is 43.7. The fraction of sp³-hybridized carbons (Fsp3) is 0.438. The Bertz CT molecular complexity index is 2710. The van der Waals surface area contributed by atoms with E-state index in [0.717, 1.165) is 64.0 Å². The standard InChI is InChI=1S/C48H52N8O6S/c1-24(2)43(48(61)56-22-32(57)18-39(56)47(60)50-25(3)27-9-11-28(12-10-27)45-26(4)49-23-63-45)41-20-42(54-62-41)55-21-30-15-31(55)17-34(30)44(59)29-13-14-37-35(16-29)36-19-38(52-53-46(36)51-37)33-7-5-6-8-40(33)58/h5-12,19-20,23-25,29-32,34,39,43,57-58H,13-18,21-22H2,1-4H3,(H,50,60)(H,51,53)/t25-,29+,30-,31-,32+,34?,39-,43-/m0/s1. The number of nitrogens with zero attached hydrogens (tertiary/aromatic N) is 6. The lowest BCUT2D eigenvalue weighted by Crippen LogP contribution is -2.48. The van der Waals surface area contributed by atoms with E-state index in [-0.39, 0.29) is 66.3 Å². The van der Waals surface area contributed by atoms with Crippen molar-refractivity contribution in [1.82, 2.24) is 35.5 Å². The lowest BCUT2D eigenvalue weighted by atomic mass is 9.77. The monoisotopic (exact) mass is 868 g/mol. The molecule has 0 spiro atoms. The van der Waals surface area contributed by atoms with Gasteiger partial charge in [0.1, 0.15) is 23.5 Å². The topological polar surface area (TPSA) is 191 Å². The number of hydrogen-bond acceptors (Lipinski definition) is 12.